The van der Waals surface area contributed by atoms with E-state index in [9.17, 15) is 34.5 Å². The van der Waals surface area contributed by atoms with Crippen molar-refractivity contribution in [1.29, 1.82) is 0 Å². The number of cyclic esters (lactones) is 1. The number of esters is 3. The van der Waals surface area contributed by atoms with Crippen LogP contribution in [0.5, 0.6) is 0 Å². The Kier molecular flexibility index (Phi) is 21.7. The Hall–Kier alpha value is -3.95. The second-order valence-electron chi connectivity index (χ2n) is 19.8. The molecule has 3 saturated heterocycles. The average Bonchev–Trinajstić information content (AvgIpc) is 3.30. The third kappa shape index (κ3) is 15.3. The van der Waals surface area contributed by atoms with Gasteiger partial charge in [-0.15, -0.1) is 0 Å². The molecule has 0 spiro atoms. The van der Waals surface area contributed by atoms with Gasteiger partial charge in [0.1, 0.15) is 36.3 Å². The zero-order valence-corrected chi connectivity index (χ0v) is 42.7. The molecule has 5 rings (SSSR count). The number of rotatable bonds is 15. The van der Waals surface area contributed by atoms with Gasteiger partial charge < -0.3 is 67.8 Å². The Morgan fingerprint density at radius 2 is 1.69 bits per heavy atom. The molecule has 3 fully saturated rings. The van der Waals surface area contributed by atoms with E-state index >= 15 is 0 Å². The van der Waals surface area contributed by atoms with Gasteiger partial charge in [-0.3, -0.25) is 19.4 Å². The van der Waals surface area contributed by atoms with Crippen LogP contribution in [0.25, 0.3) is 10.9 Å². The highest BCUT2D eigenvalue weighted by Crippen LogP contribution is 2.38. The molecular weight excluding hydrogens is 907 g/mol. The summed E-state index contributed by atoms with van der Waals surface area (Å²) >= 11 is 0. The maximum atomic E-state index is 13.8. The first-order valence-corrected chi connectivity index (χ1v) is 24.9. The van der Waals surface area contributed by atoms with Crippen LogP contribution < -0.4 is 0 Å². The molecule has 18 heteroatoms. The summed E-state index contributed by atoms with van der Waals surface area (Å²) in [5.41, 5.74) is 0.543. The molecule has 4 heterocycles. The molecular formula is C52H79N3O15. The van der Waals surface area contributed by atoms with Crippen molar-refractivity contribution in [3.8, 4) is 0 Å². The summed E-state index contributed by atoms with van der Waals surface area (Å²) in [7, 11) is 6.83. The quantitative estimate of drug-likeness (QED) is 0.0987. The maximum Gasteiger partial charge on any atom is 0.309 e. The molecule has 0 saturated carbocycles. The van der Waals surface area contributed by atoms with Crippen molar-refractivity contribution in [2.24, 2.45) is 17.8 Å². The molecule has 2 aromatic rings. The normalized spacial score (nSPS) is 35.6. The van der Waals surface area contributed by atoms with Crippen LogP contribution in [0.2, 0.25) is 0 Å². The number of carbonyl (C=O) groups excluding carboxylic acids is 4. The minimum atomic E-state index is -1.50. The van der Waals surface area contributed by atoms with Gasteiger partial charge in [-0.05, 0) is 96.6 Å². The van der Waals surface area contributed by atoms with Gasteiger partial charge in [0.25, 0.3) is 0 Å². The topological polar surface area (TPSA) is 222 Å². The summed E-state index contributed by atoms with van der Waals surface area (Å²) in [6.45, 7) is 11.1. The molecule has 0 aliphatic carbocycles. The number of aromatic nitrogens is 1. The Morgan fingerprint density at radius 3 is 2.36 bits per heavy atom. The summed E-state index contributed by atoms with van der Waals surface area (Å²) in [4.78, 5) is 60.0. The van der Waals surface area contributed by atoms with E-state index in [1.165, 1.54) is 7.11 Å². The number of likely N-dealkylation sites (N-methyl/N-ethyl adjacent to an activating group) is 2. The number of aldehydes is 1. The third-order valence-electron chi connectivity index (χ3n) is 13.9. The second kappa shape index (κ2) is 26.7. The highest BCUT2D eigenvalue weighted by molar-refractivity contribution is 5.82. The lowest BCUT2D eigenvalue weighted by atomic mass is 9.82. The van der Waals surface area contributed by atoms with Gasteiger partial charge in [0.15, 0.2) is 18.7 Å². The monoisotopic (exact) mass is 986 g/mol. The van der Waals surface area contributed by atoms with Crippen molar-refractivity contribution in [3.63, 3.8) is 0 Å². The van der Waals surface area contributed by atoms with E-state index in [0.29, 0.717) is 25.9 Å². The fourth-order valence-corrected chi connectivity index (χ4v) is 10.1. The largest absolute Gasteiger partial charge is 0.466 e. The van der Waals surface area contributed by atoms with Crippen LogP contribution in [-0.4, -0.2) is 181 Å². The summed E-state index contributed by atoms with van der Waals surface area (Å²) in [5.74, 6) is -2.89. The van der Waals surface area contributed by atoms with Crippen molar-refractivity contribution in [3.05, 3.63) is 54.2 Å². The standard InChI is InChI=1S/C52H79N3O15/c1-11-41(58)67-40-27-43(60)64-25-22-34(16-15-17-35-20-23-53-38-19-14-13-18-37(35)38)29-55(9)30-39(57)31(3)26-36(21-24-56)48(49(40)63-10)70-51-46(61)45(54(7)8)47(32(4)66-51)69-44-28-52(6,62)50(33(5)65-44)68-42(59)12-2/h13-16,18-20,23-24,31-34,36,39-40,44-51,57,61-62H,11-12,17,21-22,25-30H2,1-10H3/b16-15+/t31-,32?,33?,34?,36+,39+,40-,44+,45?,46?,47+,48+,49+,50+,51+,52?/m1/s1. The maximum absolute atomic E-state index is 13.8. The lowest BCUT2D eigenvalue weighted by Crippen LogP contribution is -2.66. The van der Waals surface area contributed by atoms with Crippen molar-refractivity contribution >= 4 is 35.1 Å². The van der Waals surface area contributed by atoms with Gasteiger partial charge in [0, 0.05) is 57.5 Å². The van der Waals surface area contributed by atoms with Crippen molar-refractivity contribution in [2.75, 3.05) is 47.9 Å². The predicted octanol–water partition coefficient (Wildman–Crippen LogP) is 4.16. The van der Waals surface area contributed by atoms with E-state index in [1.54, 1.807) is 59.8 Å². The zero-order valence-electron chi connectivity index (χ0n) is 42.7. The number of hydrogen-bond donors (Lipinski definition) is 3. The van der Waals surface area contributed by atoms with Gasteiger partial charge in [0.05, 0.1) is 49.0 Å². The van der Waals surface area contributed by atoms with Crippen molar-refractivity contribution in [1.82, 2.24) is 14.8 Å². The molecule has 1 aromatic carbocycles. The van der Waals surface area contributed by atoms with Gasteiger partial charge >= 0.3 is 17.9 Å². The van der Waals surface area contributed by atoms with Crippen LogP contribution in [0, 0.1) is 17.8 Å². The molecule has 392 valence electrons. The Labute approximate surface area is 413 Å². The smallest absolute Gasteiger partial charge is 0.309 e. The van der Waals surface area contributed by atoms with E-state index in [2.05, 4.69) is 23.2 Å². The number of aliphatic hydroxyl groups is 3. The van der Waals surface area contributed by atoms with Gasteiger partial charge in [0.2, 0.25) is 0 Å². The van der Waals surface area contributed by atoms with Crippen LogP contribution in [0.3, 0.4) is 0 Å². The van der Waals surface area contributed by atoms with E-state index in [0.717, 1.165) is 22.8 Å². The molecule has 0 amide bonds. The number of allylic oxidation sites excluding steroid dienone is 1. The molecule has 3 N–H and O–H groups in total. The van der Waals surface area contributed by atoms with Crippen molar-refractivity contribution < 1.29 is 72.4 Å². The van der Waals surface area contributed by atoms with Crippen LogP contribution in [0.1, 0.15) is 92.1 Å². The average molecular weight is 986 g/mol. The van der Waals surface area contributed by atoms with Crippen LogP contribution >= 0.6 is 0 Å². The van der Waals surface area contributed by atoms with Gasteiger partial charge in [-0.25, -0.2) is 0 Å². The number of fused-ring (bicyclic) bond motifs is 1. The lowest BCUT2D eigenvalue weighted by Gasteiger charge is -2.50. The lowest BCUT2D eigenvalue weighted by molar-refractivity contribution is -0.344. The fraction of sp³-hybridized carbons (Fsp3) is 0.712. The van der Waals surface area contributed by atoms with Gasteiger partial charge in [-0.1, -0.05) is 51.1 Å². The van der Waals surface area contributed by atoms with E-state index in [4.69, 9.17) is 37.9 Å². The van der Waals surface area contributed by atoms with Crippen molar-refractivity contribution in [2.45, 2.75) is 172 Å². The predicted molar refractivity (Wildman–Crippen MR) is 258 cm³/mol. The van der Waals surface area contributed by atoms with Crippen LogP contribution in [-0.2, 0) is 63.5 Å². The number of aliphatic hydroxyl groups excluding tert-OH is 2. The molecule has 3 aliphatic heterocycles. The summed E-state index contributed by atoms with van der Waals surface area (Å²) in [6, 6.07) is 9.19. The molecule has 70 heavy (non-hydrogen) atoms. The third-order valence-corrected chi connectivity index (χ3v) is 13.9. The highest BCUT2D eigenvalue weighted by atomic mass is 16.7. The fourth-order valence-electron chi connectivity index (χ4n) is 10.1. The minimum Gasteiger partial charge on any atom is -0.466 e. The zero-order chi connectivity index (χ0) is 51.3. The number of hydrogen-bond acceptors (Lipinski definition) is 18. The number of carbonyl (C=O) groups is 4. The number of nitrogens with zero attached hydrogens (tertiary/aromatic N) is 3. The summed E-state index contributed by atoms with van der Waals surface area (Å²) < 4.78 is 49.3. The highest BCUT2D eigenvalue weighted by Gasteiger charge is 2.53. The van der Waals surface area contributed by atoms with E-state index in [1.807, 2.05) is 43.1 Å². The molecule has 3 aliphatic rings. The van der Waals surface area contributed by atoms with Gasteiger partial charge in [-0.2, -0.15) is 0 Å². The SMILES string of the molecule is CCC(=O)O[C@@H]1CC(=O)OCCC(/C=C/Cc2ccnc3ccccc23)CN(C)C[C@H](O)[C@H](C)C[C@H](CC=O)[C@H](O[C@@H]2OC(C)[C@H](O[C@H]3CC(C)(O)[C@@H](OC(=O)CC)C(C)O3)C(N(C)C)C2O)[C@H]1OC. The van der Waals surface area contributed by atoms with Crippen LogP contribution in [0.15, 0.2) is 48.7 Å². The number of para-hydroxylation sites is 1. The number of pyridine rings is 1. The summed E-state index contributed by atoms with van der Waals surface area (Å²) in [6.07, 6.45) is -3.78. The van der Waals surface area contributed by atoms with Crippen LogP contribution in [0.4, 0.5) is 0 Å². The number of ether oxygens (including phenoxy) is 8. The number of benzene rings is 1. The molecule has 18 nitrogen and oxygen atoms in total. The molecule has 0 bridgehead atoms. The minimum absolute atomic E-state index is 0.0113. The first kappa shape index (κ1) is 57.0. The second-order valence-corrected chi connectivity index (χ2v) is 19.8. The first-order valence-electron chi connectivity index (χ1n) is 24.9. The number of β-amino-alcohol motifs (C(OH)–C–C–N with tert-alkyl or cyclic N) is 1. The Bertz CT molecular complexity index is 2010. The first-order chi connectivity index (χ1) is 33.3. The number of methoxy groups -OCH3 is 1. The summed E-state index contributed by atoms with van der Waals surface area (Å²) in [5, 5.41) is 36.5. The molecule has 0 radical (unpaired) electrons. The van der Waals surface area contributed by atoms with E-state index in [-0.39, 0.29) is 44.6 Å². The van der Waals surface area contributed by atoms with E-state index < -0.39 is 115 Å². The Balaban J connectivity index is 1.41. The molecule has 1 aromatic heterocycles. The Morgan fingerprint density at radius 1 is 0.971 bits per heavy atom. The molecule has 16 atom stereocenters. The molecule has 6 unspecified atom stereocenters.